The maximum absolute atomic E-state index is 12.4. The molecule has 1 saturated carbocycles. The molecule has 2 amide bonds. The smallest absolute Gasteiger partial charge is 0.245 e. The Morgan fingerprint density at radius 2 is 1.76 bits per heavy atom. The normalized spacial score (nSPS) is 34.2. The van der Waals surface area contributed by atoms with Gasteiger partial charge in [0.05, 0.1) is 0 Å². The Labute approximate surface area is 128 Å². The first-order chi connectivity index (χ1) is 9.90. The van der Waals surface area contributed by atoms with Gasteiger partial charge in [-0.1, -0.05) is 46.5 Å². The summed E-state index contributed by atoms with van der Waals surface area (Å²) >= 11 is 0. The Hall–Kier alpha value is -1.06. The van der Waals surface area contributed by atoms with E-state index in [9.17, 15) is 9.59 Å². The van der Waals surface area contributed by atoms with Crippen LogP contribution in [0.25, 0.3) is 0 Å². The number of nitrogens with zero attached hydrogens (tertiary/aromatic N) is 1. The van der Waals surface area contributed by atoms with E-state index in [0.29, 0.717) is 0 Å². The van der Waals surface area contributed by atoms with Gasteiger partial charge >= 0.3 is 0 Å². The van der Waals surface area contributed by atoms with Crippen molar-refractivity contribution in [3.05, 3.63) is 0 Å². The monoisotopic (exact) mass is 294 g/mol. The molecule has 1 aliphatic heterocycles. The lowest BCUT2D eigenvalue weighted by atomic mass is 9.81. The van der Waals surface area contributed by atoms with E-state index in [1.807, 2.05) is 18.7 Å². The van der Waals surface area contributed by atoms with Crippen LogP contribution in [-0.4, -0.2) is 35.3 Å². The Balaban J connectivity index is 1.97. The molecule has 0 aromatic rings. The van der Waals surface area contributed by atoms with Crippen molar-refractivity contribution in [2.24, 2.45) is 17.8 Å². The molecule has 0 aromatic heterocycles. The average molecular weight is 294 g/mol. The van der Waals surface area contributed by atoms with Crippen LogP contribution in [-0.2, 0) is 9.59 Å². The summed E-state index contributed by atoms with van der Waals surface area (Å²) in [5.74, 6) is 1.83. The minimum atomic E-state index is -0.376. The molecule has 4 heteroatoms. The predicted octanol–water partition coefficient (Wildman–Crippen LogP) is 2.57. The molecule has 0 spiro atoms. The molecule has 21 heavy (non-hydrogen) atoms. The molecular formula is C17H30N2O2. The van der Waals surface area contributed by atoms with Crippen LogP contribution >= 0.6 is 0 Å². The molecule has 1 N–H and O–H groups in total. The first-order valence-corrected chi connectivity index (χ1v) is 8.51. The van der Waals surface area contributed by atoms with Gasteiger partial charge in [-0.15, -0.1) is 0 Å². The van der Waals surface area contributed by atoms with Crippen LogP contribution in [0.3, 0.4) is 0 Å². The van der Waals surface area contributed by atoms with Gasteiger partial charge in [-0.05, 0) is 31.1 Å². The van der Waals surface area contributed by atoms with E-state index in [2.05, 4.69) is 12.2 Å². The fraction of sp³-hybridized carbons (Fsp3) is 0.882. The number of nitrogens with one attached hydrogen (secondary N) is 1. The first kappa shape index (κ1) is 16.3. The van der Waals surface area contributed by atoms with Crippen molar-refractivity contribution in [1.82, 2.24) is 10.2 Å². The molecule has 4 nitrogen and oxygen atoms in total. The number of amides is 2. The van der Waals surface area contributed by atoms with Crippen molar-refractivity contribution in [2.45, 2.75) is 71.9 Å². The highest BCUT2D eigenvalue weighted by Crippen LogP contribution is 2.31. The Bertz CT molecular complexity index is 386. The highest BCUT2D eigenvalue weighted by molar-refractivity contribution is 5.96. The summed E-state index contributed by atoms with van der Waals surface area (Å²) in [4.78, 5) is 26.5. The molecule has 0 radical (unpaired) electrons. The van der Waals surface area contributed by atoms with Gasteiger partial charge in [0, 0.05) is 6.54 Å². The summed E-state index contributed by atoms with van der Waals surface area (Å²) < 4.78 is 0. The summed E-state index contributed by atoms with van der Waals surface area (Å²) in [5.41, 5.74) is 0. The maximum atomic E-state index is 12.4. The molecular weight excluding hydrogens is 264 g/mol. The molecule has 1 aliphatic carbocycles. The van der Waals surface area contributed by atoms with E-state index in [-0.39, 0.29) is 29.8 Å². The topological polar surface area (TPSA) is 49.4 Å². The number of hydrogen-bond acceptors (Lipinski definition) is 2. The minimum absolute atomic E-state index is 0.00867. The summed E-state index contributed by atoms with van der Waals surface area (Å²) in [5, 5.41) is 2.80. The SMILES string of the molecule is CC1CCC(CCN2C(=O)C(C)NC(=O)C2C(C)C)CC1. The van der Waals surface area contributed by atoms with Gasteiger partial charge in [-0.25, -0.2) is 0 Å². The molecule has 120 valence electrons. The van der Waals surface area contributed by atoms with Crippen LogP contribution in [0.4, 0.5) is 0 Å². The van der Waals surface area contributed by atoms with E-state index in [4.69, 9.17) is 0 Å². The van der Waals surface area contributed by atoms with E-state index < -0.39 is 0 Å². The lowest BCUT2D eigenvalue weighted by molar-refractivity contribution is -0.150. The molecule has 0 aromatic carbocycles. The lowest BCUT2D eigenvalue weighted by Crippen LogP contribution is -2.64. The zero-order valence-electron chi connectivity index (χ0n) is 13.9. The second-order valence-corrected chi connectivity index (χ2v) is 7.37. The number of rotatable bonds is 4. The van der Waals surface area contributed by atoms with E-state index in [1.54, 1.807) is 6.92 Å². The minimum Gasteiger partial charge on any atom is -0.343 e. The van der Waals surface area contributed by atoms with Crippen LogP contribution in [0, 0.1) is 17.8 Å². The van der Waals surface area contributed by atoms with Crippen LogP contribution in [0.15, 0.2) is 0 Å². The zero-order valence-corrected chi connectivity index (χ0v) is 13.9. The van der Waals surface area contributed by atoms with Gasteiger partial charge in [-0.3, -0.25) is 9.59 Å². The van der Waals surface area contributed by atoms with E-state index in [1.165, 1.54) is 25.7 Å². The molecule has 2 rings (SSSR count). The number of piperazine rings is 1. The van der Waals surface area contributed by atoms with Crippen LogP contribution in [0.5, 0.6) is 0 Å². The van der Waals surface area contributed by atoms with Gasteiger partial charge in [0.1, 0.15) is 12.1 Å². The molecule has 2 fully saturated rings. The van der Waals surface area contributed by atoms with Crippen LogP contribution < -0.4 is 5.32 Å². The Kier molecular flexibility index (Phi) is 5.28. The molecule has 0 bridgehead atoms. The second-order valence-electron chi connectivity index (χ2n) is 7.37. The van der Waals surface area contributed by atoms with Crippen LogP contribution in [0.1, 0.15) is 59.8 Å². The fourth-order valence-corrected chi connectivity index (χ4v) is 3.74. The highest BCUT2D eigenvalue weighted by atomic mass is 16.2. The summed E-state index contributed by atoms with van der Waals surface area (Å²) in [6.07, 6.45) is 6.21. The van der Waals surface area contributed by atoms with Gasteiger partial charge in [0.25, 0.3) is 0 Å². The summed E-state index contributed by atoms with van der Waals surface area (Å²) in [7, 11) is 0. The van der Waals surface area contributed by atoms with Crippen molar-refractivity contribution < 1.29 is 9.59 Å². The second kappa shape index (κ2) is 6.80. The Morgan fingerprint density at radius 1 is 1.14 bits per heavy atom. The first-order valence-electron chi connectivity index (χ1n) is 8.51. The van der Waals surface area contributed by atoms with Crippen molar-refractivity contribution in [2.75, 3.05) is 6.54 Å². The molecule has 1 heterocycles. The largest absolute Gasteiger partial charge is 0.343 e. The number of hydrogen-bond donors (Lipinski definition) is 1. The van der Waals surface area contributed by atoms with Crippen molar-refractivity contribution in [3.8, 4) is 0 Å². The highest BCUT2D eigenvalue weighted by Gasteiger charge is 2.40. The van der Waals surface area contributed by atoms with E-state index in [0.717, 1.165) is 24.8 Å². The van der Waals surface area contributed by atoms with E-state index >= 15 is 0 Å². The van der Waals surface area contributed by atoms with Gasteiger partial charge in [0.15, 0.2) is 0 Å². The van der Waals surface area contributed by atoms with Gasteiger partial charge < -0.3 is 10.2 Å². The predicted molar refractivity (Wildman–Crippen MR) is 83.7 cm³/mol. The number of carbonyl (C=O) groups excluding carboxylic acids is 2. The van der Waals surface area contributed by atoms with Gasteiger partial charge in [-0.2, -0.15) is 0 Å². The molecule has 2 atom stereocenters. The third kappa shape index (κ3) is 3.78. The third-order valence-electron chi connectivity index (χ3n) is 5.16. The average Bonchev–Trinajstić information content (AvgIpc) is 2.42. The van der Waals surface area contributed by atoms with Crippen molar-refractivity contribution in [1.29, 1.82) is 0 Å². The quantitative estimate of drug-likeness (QED) is 0.866. The molecule has 1 saturated heterocycles. The summed E-state index contributed by atoms with van der Waals surface area (Å²) in [6, 6.07) is -0.671. The lowest BCUT2D eigenvalue weighted by Gasteiger charge is -2.40. The van der Waals surface area contributed by atoms with Crippen LogP contribution in [0.2, 0.25) is 0 Å². The molecule has 2 unspecified atom stereocenters. The summed E-state index contributed by atoms with van der Waals surface area (Å²) in [6.45, 7) is 8.88. The standard InChI is InChI=1S/C17H30N2O2/c1-11(2)15-16(20)18-13(4)17(21)19(15)10-9-14-7-5-12(3)6-8-14/h11-15H,5-10H2,1-4H3,(H,18,20). The Morgan fingerprint density at radius 3 is 2.33 bits per heavy atom. The van der Waals surface area contributed by atoms with Crippen molar-refractivity contribution >= 4 is 11.8 Å². The van der Waals surface area contributed by atoms with Crippen molar-refractivity contribution in [3.63, 3.8) is 0 Å². The fourth-order valence-electron chi connectivity index (χ4n) is 3.74. The van der Waals surface area contributed by atoms with Gasteiger partial charge in [0.2, 0.25) is 11.8 Å². The third-order valence-corrected chi connectivity index (χ3v) is 5.16. The molecule has 2 aliphatic rings. The number of carbonyl (C=O) groups is 2. The maximum Gasteiger partial charge on any atom is 0.245 e. The zero-order chi connectivity index (χ0) is 15.6.